The smallest absolute Gasteiger partial charge is 0.126 e. The Balaban J connectivity index is 1.43. The summed E-state index contributed by atoms with van der Waals surface area (Å²) in [6.45, 7) is 3.98. The second kappa shape index (κ2) is 9.00. The number of hydrogen-bond donors (Lipinski definition) is 0. The Bertz CT molecular complexity index is 1780. The first kappa shape index (κ1) is 22.5. The van der Waals surface area contributed by atoms with Gasteiger partial charge >= 0.3 is 0 Å². The first-order valence-corrected chi connectivity index (χ1v) is 14.0. The van der Waals surface area contributed by atoms with Gasteiger partial charge in [-0.1, -0.05) is 55.7 Å². The van der Waals surface area contributed by atoms with Crippen LogP contribution < -0.4 is 0 Å². The largest absolute Gasteiger partial charge is 0.239 e. The monoisotopic (exact) mass is 500 g/mol. The van der Waals surface area contributed by atoms with Crippen LogP contribution in [-0.4, -0.2) is 19.9 Å². The van der Waals surface area contributed by atoms with E-state index in [0.29, 0.717) is 5.92 Å². The number of aryl methyl sites for hydroxylation is 2. The molecule has 0 aliphatic heterocycles. The molecule has 0 unspecified atom stereocenters. The number of hydrogen-bond acceptors (Lipinski definition) is 5. The molecule has 0 radical (unpaired) electrons. The van der Waals surface area contributed by atoms with E-state index in [9.17, 15) is 0 Å². The van der Waals surface area contributed by atoms with Crippen molar-refractivity contribution in [3.63, 3.8) is 0 Å². The van der Waals surface area contributed by atoms with Crippen LogP contribution in [0.4, 0.5) is 0 Å². The molecule has 0 N–H and O–H groups in total. The zero-order valence-corrected chi connectivity index (χ0v) is 22.0. The molecule has 1 aliphatic carbocycles. The van der Waals surface area contributed by atoms with E-state index >= 15 is 0 Å². The number of aromatic nitrogens is 4. The molecule has 1 fully saturated rings. The number of benzene rings is 3. The summed E-state index contributed by atoms with van der Waals surface area (Å²) in [4.78, 5) is 18.9. The van der Waals surface area contributed by atoms with Gasteiger partial charge in [-0.05, 0) is 73.2 Å². The van der Waals surface area contributed by atoms with Crippen molar-refractivity contribution in [2.45, 2.75) is 51.9 Å². The summed E-state index contributed by atoms with van der Waals surface area (Å²) in [5.41, 5.74) is 7.63. The van der Waals surface area contributed by atoms with Gasteiger partial charge in [0.25, 0.3) is 0 Å². The third kappa shape index (κ3) is 3.98. The molecule has 6 aromatic rings. The Morgan fingerprint density at radius 1 is 0.811 bits per heavy atom. The Morgan fingerprint density at radius 3 is 2.54 bits per heavy atom. The van der Waals surface area contributed by atoms with Crippen LogP contribution in [-0.2, 0) is 0 Å². The highest BCUT2D eigenvalue weighted by atomic mass is 32.1. The third-order valence-electron chi connectivity index (χ3n) is 7.73. The van der Waals surface area contributed by atoms with Gasteiger partial charge in [-0.2, -0.15) is 0 Å². The van der Waals surface area contributed by atoms with Crippen LogP contribution in [0, 0.1) is 13.8 Å². The summed E-state index contributed by atoms with van der Waals surface area (Å²) in [6, 6.07) is 22.1. The van der Waals surface area contributed by atoms with E-state index in [1.54, 1.807) is 6.33 Å². The van der Waals surface area contributed by atoms with Crippen molar-refractivity contribution >= 4 is 42.4 Å². The molecule has 5 heteroatoms. The minimum Gasteiger partial charge on any atom is -0.239 e. The molecule has 1 aliphatic rings. The average Bonchev–Trinajstić information content (AvgIpc) is 3.30. The zero-order valence-electron chi connectivity index (χ0n) is 21.2. The van der Waals surface area contributed by atoms with Crippen LogP contribution in [0.15, 0.2) is 67.0 Å². The molecule has 4 nitrogen and oxygen atoms in total. The first-order chi connectivity index (χ1) is 18.1. The highest BCUT2D eigenvalue weighted by molar-refractivity contribution is 7.26. The lowest BCUT2D eigenvalue weighted by Crippen LogP contribution is -2.03. The third-order valence-corrected chi connectivity index (χ3v) is 8.88. The van der Waals surface area contributed by atoms with Crippen molar-refractivity contribution in [3.8, 4) is 22.5 Å². The number of nitrogens with zero attached hydrogens (tertiary/aromatic N) is 4. The van der Waals surface area contributed by atoms with Gasteiger partial charge < -0.3 is 0 Å². The van der Waals surface area contributed by atoms with Crippen molar-refractivity contribution in [1.82, 2.24) is 19.9 Å². The lowest BCUT2D eigenvalue weighted by Gasteiger charge is -2.21. The lowest BCUT2D eigenvalue weighted by molar-refractivity contribution is 0.444. The maximum atomic E-state index is 4.83. The summed E-state index contributed by atoms with van der Waals surface area (Å²) in [7, 11) is 0. The fraction of sp³-hybridized carbons (Fsp3) is 0.250. The normalized spacial score (nSPS) is 14.6. The molecule has 3 aromatic carbocycles. The molecule has 0 spiro atoms. The number of thiophene rings is 1. The fourth-order valence-electron chi connectivity index (χ4n) is 6.00. The average molecular weight is 501 g/mol. The minimum absolute atomic E-state index is 0.691. The highest BCUT2D eigenvalue weighted by Gasteiger charge is 2.19. The SMILES string of the molecule is Cc1cc(-c2cc(-c3ncnc4c3sc3cc(C5CCCCC5)ccc34)cc3ccccc23)nc(C)n1. The molecule has 7 rings (SSSR count). The van der Waals surface area contributed by atoms with E-state index in [1.165, 1.54) is 58.5 Å². The highest BCUT2D eigenvalue weighted by Crippen LogP contribution is 2.42. The van der Waals surface area contributed by atoms with Gasteiger partial charge in [-0.3, -0.25) is 0 Å². The van der Waals surface area contributed by atoms with Crippen LogP contribution in [0.1, 0.15) is 55.1 Å². The predicted octanol–water partition coefficient (Wildman–Crippen LogP) is 8.79. The molecule has 1 saturated carbocycles. The topological polar surface area (TPSA) is 51.6 Å². The van der Waals surface area contributed by atoms with Gasteiger partial charge in [0.2, 0.25) is 0 Å². The second-order valence-electron chi connectivity index (χ2n) is 10.3. The summed E-state index contributed by atoms with van der Waals surface area (Å²) < 4.78 is 2.46. The maximum Gasteiger partial charge on any atom is 0.126 e. The predicted molar refractivity (Wildman–Crippen MR) is 154 cm³/mol. The zero-order chi connectivity index (χ0) is 24.9. The quantitative estimate of drug-likeness (QED) is 0.244. The van der Waals surface area contributed by atoms with Crippen molar-refractivity contribution in [1.29, 1.82) is 0 Å². The van der Waals surface area contributed by atoms with E-state index in [1.807, 2.05) is 25.2 Å². The van der Waals surface area contributed by atoms with Crippen molar-refractivity contribution < 1.29 is 0 Å². The maximum absolute atomic E-state index is 4.83. The standard InChI is InChI=1S/C32H28N4S/c1-19-14-28(36-20(2)35-19)27-16-24(15-23-10-6-7-11-25(23)27)30-32-31(34-18-33-30)26-13-12-22(17-29(26)37-32)21-8-4-3-5-9-21/h6-7,10-18,21H,3-5,8-9H2,1-2H3. The van der Waals surface area contributed by atoms with Gasteiger partial charge in [-0.25, -0.2) is 19.9 Å². The van der Waals surface area contributed by atoms with Crippen molar-refractivity contribution in [2.24, 2.45) is 0 Å². The number of rotatable bonds is 3. The lowest BCUT2D eigenvalue weighted by atomic mass is 9.84. The summed E-state index contributed by atoms with van der Waals surface area (Å²) in [5.74, 6) is 1.48. The Morgan fingerprint density at radius 2 is 1.68 bits per heavy atom. The summed E-state index contributed by atoms with van der Waals surface area (Å²) >= 11 is 1.82. The molecule has 0 saturated heterocycles. The molecule has 182 valence electrons. The van der Waals surface area contributed by atoms with Crippen LogP contribution in [0.25, 0.3) is 53.6 Å². The first-order valence-electron chi connectivity index (χ1n) is 13.2. The molecule has 0 atom stereocenters. The Kier molecular flexibility index (Phi) is 5.47. The molecule has 0 bridgehead atoms. The molecular weight excluding hydrogens is 472 g/mol. The van der Waals surface area contributed by atoms with E-state index in [4.69, 9.17) is 15.0 Å². The van der Waals surface area contributed by atoms with Gasteiger partial charge in [0.1, 0.15) is 12.2 Å². The number of fused-ring (bicyclic) bond motifs is 4. The molecular formula is C32H28N4S. The fourth-order valence-corrected chi connectivity index (χ4v) is 7.22. The van der Waals surface area contributed by atoms with Crippen LogP contribution in [0.3, 0.4) is 0 Å². The van der Waals surface area contributed by atoms with E-state index in [-0.39, 0.29) is 0 Å². The Labute approximate surface area is 220 Å². The van der Waals surface area contributed by atoms with Gasteiger partial charge in [0.05, 0.1) is 21.6 Å². The minimum atomic E-state index is 0.691. The van der Waals surface area contributed by atoms with Crippen molar-refractivity contribution in [3.05, 3.63) is 84.1 Å². The van der Waals surface area contributed by atoms with E-state index in [0.717, 1.165) is 44.2 Å². The summed E-state index contributed by atoms with van der Waals surface area (Å²) in [5, 5.41) is 3.59. The van der Waals surface area contributed by atoms with E-state index < -0.39 is 0 Å². The van der Waals surface area contributed by atoms with Crippen molar-refractivity contribution in [2.75, 3.05) is 0 Å². The molecule has 3 heterocycles. The summed E-state index contributed by atoms with van der Waals surface area (Å²) in [6.07, 6.45) is 8.41. The van der Waals surface area contributed by atoms with Crippen LogP contribution in [0.5, 0.6) is 0 Å². The van der Waals surface area contributed by atoms with Gasteiger partial charge in [0.15, 0.2) is 0 Å². The molecule has 0 amide bonds. The van der Waals surface area contributed by atoms with Gasteiger partial charge in [-0.15, -0.1) is 11.3 Å². The second-order valence-corrected chi connectivity index (χ2v) is 11.3. The Hall–Kier alpha value is -3.70. The molecule has 37 heavy (non-hydrogen) atoms. The van der Waals surface area contributed by atoms with Gasteiger partial charge in [0, 0.05) is 26.9 Å². The van der Waals surface area contributed by atoms with Crippen LogP contribution >= 0.6 is 11.3 Å². The van der Waals surface area contributed by atoms with Crippen LogP contribution in [0.2, 0.25) is 0 Å². The van der Waals surface area contributed by atoms with E-state index in [2.05, 4.69) is 65.6 Å². The molecule has 3 aromatic heterocycles.